The van der Waals surface area contributed by atoms with Gasteiger partial charge in [0.05, 0.1) is 0 Å². The summed E-state index contributed by atoms with van der Waals surface area (Å²) in [6.45, 7) is 0.135. The molecule has 2 aromatic rings. The number of thioether (sulfide) groups is 1. The number of carboxylic acid groups (broad SMARTS) is 1. The van der Waals surface area contributed by atoms with Crippen molar-refractivity contribution in [1.82, 2.24) is 10.8 Å². The minimum Gasteiger partial charge on any atom is -0.479 e. The number of benzene rings is 2. The van der Waals surface area contributed by atoms with Crippen molar-refractivity contribution in [3.05, 3.63) is 59.7 Å². The zero-order chi connectivity index (χ0) is 24.1. The van der Waals surface area contributed by atoms with Crippen molar-refractivity contribution in [3.63, 3.8) is 0 Å². The fourth-order valence-corrected chi connectivity index (χ4v) is 4.70. The van der Waals surface area contributed by atoms with E-state index in [-0.39, 0.29) is 18.4 Å². The van der Waals surface area contributed by atoms with E-state index in [0.717, 1.165) is 35.1 Å². The topological polar surface area (TPSA) is 114 Å². The van der Waals surface area contributed by atoms with E-state index in [1.807, 2.05) is 42.7 Å². The average molecular weight is 485 g/mol. The lowest BCUT2D eigenvalue weighted by molar-refractivity contribution is -0.163. The van der Waals surface area contributed by atoms with Crippen LogP contribution < -0.4 is 10.8 Å². The van der Waals surface area contributed by atoms with Crippen LogP contribution in [0.4, 0.5) is 4.79 Å². The molecule has 1 fully saturated rings. The van der Waals surface area contributed by atoms with Crippen LogP contribution in [0.25, 0.3) is 11.1 Å². The van der Waals surface area contributed by atoms with Crippen molar-refractivity contribution < 1.29 is 29.1 Å². The summed E-state index contributed by atoms with van der Waals surface area (Å²) in [4.78, 5) is 41.7. The molecule has 0 aromatic heterocycles. The van der Waals surface area contributed by atoms with Gasteiger partial charge in [0.25, 0.3) is 5.91 Å². The lowest BCUT2D eigenvalue weighted by atomic mass is 9.98. The lowest BCUT2D eigenvalue weighted by Gasteiger charge is -2.20. The van der Waals surface area contributed by atoms with Gasteiger partial charge in [0, 0.05) is 5.92 Å². The van der Waals surface area contributed by atoms with Crippen LogP contribution in [-0.2, 0) is 19.2 Å². The third kappa shape index (κ3) is 5.53. The first-order chi connectivity index (χ1) is 16.5. The van der Waals surface area contributed by atoms with Crippen LogP contribution in [0.3, 0.4) is 0 Å². The van der Waals surface area contributed by atoms with Crippen LogP contribution in [0, 0.1) is 5.92 Å². The van der Waals surface area contributed by atoms with Gasteiger partial charge in [-0.1, -0.05) is 48.5 Å². The van der Waals surface area contributed by atoms with E-state index in [2.05, 4.69) is 22.9 Å². The van der Waals surface area contributed by atoms with Crippen molar-refractivity contribution in [2.24, 2.45) is 5.92 Å². The Kier molecular flexibility index (Phi) is 7.74. The molecule has 180 valence electrons. The Labute approximate surface area is 202 Å². The second-order valence-electron chi connectivity index (χ2n) is 8.48. The molecule has 2 atom stereocenters. The van der Waals surface area contributed by atoms with Crippen molar-refractivity contribution in [1.29, 1.82) is 0 Å². The van der Waals surface area contributed by atoms with Gasteiger partial charge >= 0.3 is 12.1 Å². The van der Waals surface area contributed by atoms with Crippen molar-refractivity contribution in [2.75, 3.05) is 18.6 Å². The van der Waals surface area contributed by atoms with Gasteiger partial charge in [0.2, 0.25) is 0 Å². The Morgan fingerprint density at radius 3 is 2.24 bits per heavy atom. The number of amides is 2. The van der Waals surface area contributed by atoms with E-state index in [1.54, 1.807) is 0 Å². The number of hydrogen-bond donors (Lipinski definition) is 3. The molecule has 0 saturated heterocycles. The van der Waals surface area contributed by atoms with Gasteiger partial charge in [-0.3, -0.25) is 9.63 Å². The van der Waals surface area contributed by atoms with Gasteiger partial charge in [-0.2, -0.15) is 11.8 Å². The number of ether oxygens (including phenoxy) is 1. The maximum absolute atomic E-state index is 12.6. The third-order valence-electron chi connectivity index (χ3n) is 6.14. The number of fused-ring (bicyclic) bond motifs is 3. The SMILES string of the molecule is CSCC[C@@H](NC(=O)OCC1c2ccccc2-c2ccccc21)C(=O)NOC(C(=O)O)C1CC1. The molecule has 2 aliphatic rings. The molecule has 2 amide bonds. The van der Waals surface area contributed by atoms with Crippen molar-refractivity contribution in [2.45, 2.75) is 37.3 Å². The normalized spacial score (nSPS) is 16.1. The largest absolute Gasteiger partial charge is 0.479 e. The van der Waals surface area contributed by atoms with Crippen LogP contribution in [0.15, 0.2) is 48.5 Å². The first-order valence-electron chi connectivity index (χ1n) is 11.3. The van der Waals surface area contributed by atoms with Crippen molar-refractivity contribution in [3.8, 4) is 11.1 Å². The molecule has 34 heavy (non-hydrogen) atoms. The first kappa shape index (κ1) is 24.1. The molecule has 3 N–H and O–H groups in total. The van der Waals surface area contributed by atoms with Crippen LogP contribution in [0.2, 0.25) is 0 Å². The molecule has 2 aromatic carbocycles. The number of hydrogen-bond acceptors (Lipinski definition) is 6. The van der Waals surface area contributed by atoms with Crippen LogP contribution in [0.1, 0.15) is 36.3 Å². The number of carbonyl (C=O) groups excluding carboxylic acids is 2. The fourth-order valence-electron chi connectivity index (χ4n) is 4.23. The van der Waals surface area contributed by atoms with Crippen LogP contribution in [-0.4, -0.2) is 53.8 Å². The third-order valence-corrected chi connectivity index (χ3v) is 6.79. The van der Waals surface area contributed by atoms with E-state index in [4.69, 9.17) is 9.57 Å². The summed E-state index contributed by atoms with van der Waals surface area (Å²) < 4.78 is 5.54. The fraction of sp³-hybridized carbons (Fsp3) is 0.400. The molecule has 0 radical (unpaired) electrons. The maximum atomic E-state index is 12.6. The quantitative estimate of drug-likeness (QED) is 0.418. The Morgan fingerprint density at radius 2 is 1.68 bits per heavy atom. The van der Waals surface area contributed by atoms with Crippen LogP contribution in [0.5, 0.6) is 0 Å². The van der Waals surface area contributed by atoms with Gasteiger partial charge in [-0.15, -0.1) is 0 Å². The minimum absolute atomic E-state index is 0.0881. The highest BCUT2D eigenvalue weighted by Crippen LogP contribution is 2.44. The molecular weight excluding hydrogens is 456 g/mol. The van der Waals surface area contributed by atoms with Gasteiger partial charge in [-0.25, -0.2) is 15.1 Å². The summed E-state index contributed by atoms with van der Waals surface area (Å²) >= 11 is 1.53. The van der Waals surface area contributed by atoms with Crippen LogP contribution >= 0.6 is 11.8 Å². The van der Waals surface area contributed by atoms with Gasteiger partial charge in [0.1, 0.15) is 12.6 Å². The predicted molar refractivity (Wildman–Crippen MR) is 128 cm³/mol. The summed E-state index contributed by atoms with van der Waals surface area (Å²) in [5.41, 5.74) is 6.68. The molecular formula is C25H28N2O6S. The summed E-state index contributed by atoms with van der Waals surface area (Å²) in [5, 5.41) is 11.9. The number of carboxylic acids is 1. The summed E-state index contributed by atoms with van der Waals surface area (Å²) in [6, 6.07) is 15.2. The molecule has 2 aliphatic carbocycles. The number of carbonyl (C=O) groups is 3. The standard InChI is InChI=1S/C25H28N2O6S/c1-34-13-12-21(23(28)27-33-22(24(29)30)15-10-11-15)26-25(31)32-14-20-18-8-4-2-6-16(18)17-7-3-5-9-19(17)20/h2-9,15,20-22H,10-14H2,1H3,(H,26,31)(H,27,28)(H,29,30)/t21-,22?/m1/s1. The van der Waals surface area contributed by atoms with E-state index < -0.39 is 30.1 Å². The molecule has 8 nitrogen and oxygen atoms in total. The molecule has 4 rings (SSSR count). The zero-order valence-corrected chi connectivity index (χ0v) is 19.7. The second-order valence-corrected chi connectivity index (χ2v) is 9.47. The van der Waals surface area contributed by atoms with Gasteiger partial charge < -0.3 is 15.2 Å². The first-order valence-corrected chi connectivity index (χ1v) is 12.7. The molecule has 0 bridgehead atoms. The Balaban J connectivity index is 1.36. The molecule has 0 spiro atoms. The highest BCUT2D eigenvalue weighted by molar-refractivity contribution is 7.98. The molecule has 0 heterocycles. The highest BCUT2D eigenvalue weighted by Gasteiger charge is 2.38. The average Bonchev–Trinajstić information content (AvgIpc) is 3.62. The smallest absolute Gasteiger partial charge is 0.407 e. The predicted octanol–water partition coefficient (Wildman–Crippen LogP) is 3.56. The second kappa shape index (κ2) is 10.9. The number of alkyl carbamates (subject to hydrolysis) is 1. The number of nitrogens with one attached hydrogen (secondary N) is 2. The highest BCUT2D eigenvalue weighted by atomic mass is 32.2. The van der Waals surface area contributed by atoms with E-state index >= 15 is 0 Å². The van der Waals surface area contributed by atoms with E-state index in [1.165, 1.54) is 11.8 Å². The maximum Gasteiger partial charge on any atom is 0.407 e. The molecule has 1 saturated carbocycles. The van der Waals surface area contributed by atoms with E-state index in [0.29, 0.717) is 12.2 Å². The van der Waals surface area contributed by atoms with Gasteiger partial charge in [0.15, 0.2) is 6.10 Å². The monoisotopic (exact) mass is 484 g/mol. The summed E-state index contributed by atoms with van der Waals surface area (Å²) in [7, 11) is 0. The minimum atomic E-state index is -1.12. The van der Waals surface area contributed by atoms with Gasteiger partial charge in [-0.05, 0) is 59.4 Å². The number of hydroxylamine groups is 1. The molecule has 1 unspecified atom stereocenters. The lowest BCUT2D eigenvalue weighted by Crippen LogP contribution is -2.49. The van der Waals surface area contributed by atoms with E-state index in [9.17, 15) is 19.5 Å². The summed E-state index contributed by atoms with van der Waals surface area (Å²) in [6.07, 6.45) is 1.95. The van der Waals surface area contributed by atoms with Crippen molar-refractivity contribution >= 4 is 29.7 Å². The number of rotatable bonds is 11. The Morgan fingerprint density at radius 1 is 1.06 bits per heavy atom. The summed E-state index contributed by atoms with van der Waals surface area (Å²) in [5.74, 6) is -1.29. The molecule has 0 aliphatic heterocycles. The Bertz CT molecular complexity index is 1010. The Hall–Kier alpha value is -3.04. The zero-order valence-electron chi connectivity index (χ0n) is 18.9. The molecule has 9 heteroatoms. The number of aliphatic carboxylic acids is 1.